The molecule has 0 aromatic carbocycles. The molecule has 6 nitrogen and oxygen atoms in total. The van der Waals surface area contributed by atoms with Gasteiger partial charge in [-0.3, -0.25) is 9.78 Å². The summed E-state index contributed by atoms with van der Waals surface area (Å²) in [5.41, 5.74) is 1.76. The second-order valence-electron chi connectivity index (χ2n) is 6.41. The lowest BCUT2D eigenvalue weighted by Crippen LogP contribution is -2.15. The number of pyridine rings is 1. The number of carbonyl (C=O) groups is 1. The summed E-state index contributed by atoms with van der Waals surface area (Å²) in [5, 5.41) is 12.9. The first kappa shape index (κ1) is 16.8. The maximum absolute atomic E-state index is 12.2. The van der Waals surface area contributed by atoms with E-state index < -0.39 is 0 Å². The molecule has 24 heavy (non-hydrogen) atoms. The highest BCUT2D eigenvalue weighted by atomic mass is 32.1. The van der Waals surface area contributed by atoms with Crippen LogP contribution in [0.2, 0.25) is 0 Å². The highest BCUT2D eigenvalue weighted by Gasteiger charge is 2.20. The molecule has 1 aliphatic rings. The molecule has 0 saturated heterocycles. The molecule has 1 N–H and O–H groups in total. The molecule has 1 amide bonds. The Labute approximate surface area is 146 Å². The number of anilines is 2. The van der Waals surface area contributed by atoms with Crippen molar-refractivity contribution in [2.24, 2.45) is 0 Å². The normalized spacial score (nSPS) is 15.2. The van der Waals surface area contributed by atoms with E-state index in [2.05, 4.69) is 20.5 Å². The number of amides is 1. The fraction of sp³-hybridized carbons (Fsp3) is 0.529. The standard InChI is InChI=1S/C17H23N5OS/c1-22(2)14-9-8-13(18-11-14)10-15(23)19-17-21-20-16(24-17)12-6-4-3-5-7-12/h8-9,11-12H,3-7,10H2,1-2H3,(H,19,21,23). The van der Waals surface area contributed by atoms with Crippen LogP contribution in [0.1, 0.15) is 48.7 Å². The van der Waals surface area contributed by atoms with Gasteiger partial charge < -0.3 is 10.2 Å². The third kappa shape index (κ3) is 4.29. The van der Waals surface area contributed by atoms with Crippen molar-refractivity contribution in [3.63, 3.8) is 0 Å². The molecule has 128 valence electrons. The van der Waals surface area contributed by atoms with Gasteiger partial charge in [0.2, 0.25) is 11.0 Å². The van der Waals surface area contributed by atoms with E-state index >= 15 is 0 Å². The lowest BCUT2D eigenvalue weighted by Gasteiger charge is -2.18. The largest absolute Gasteiger partial charge is 0.376 e. The molecule has 0 radical (unpaired) electrons. The monoisotopic (exact) mass is 345 g/mol. The molecule has 1 fully saturated rings. The second kappa shape index (κ2) is 7.70. The first-order valence-corrected chi connectivity index (χ1v) is 9.19. The second-order valence-corrected chi connectivity index (χ2v) is 7.42. The third-order valence-electron chi connectivity index (χ3n) is 4.31. The van der Waals surface area contributed by atoms with Crippen LogP contribution in [-0.4, -0.2) is 35.2 Å². The molecule has 2 aromatic heterocycles. The van der Waals surface area contributed by atoms with E-state index in [0.717, 1.165) is 16.4 Å². The van der Waals surface area contributed by atoms with Gasteiger partial charge in [0.15, 0.2) is 0 Å². The van der Waals surface area contributed by atoms with Gasteiger partial charge in [-0.25, -0.2) is 0 Å². The maximum Gasteiger partial charge on any atom is 0.232 e. The average Bonchev–Trinajstić information content (AvgIpc) is 3.04. The van der Waals surface area contributed by atoms with Crippen LogP contribution in [0.3, 0.4) is 0 Å². The Hall–Kier alpha value is -2.02. The van der Waals surface area contributed by atoms with Gasteiger partial charge in [-0.15, -0.1) is 10.2 Å². The third-order valence-corrected chi connectivity index (χ3v) is 5.31. The number of carbonyl (C=O) groups excluding carboxylic acids is 1. The molecular formula is C17H23N5OS. The smallest absolute Gasteiger partial charge is 0.232 e. The fourth-order valence-corrected chi connectivity index (χ4v) is 3.84. The Balaban J connectivity index is 1.55. The number of nitrogens with zero attached hydrogens (tertiary/aromatic N) is 4. The highest BCUT2D eigenvalue weighted by Crippen LogP contribution is 2.35. The van der Waals surface area contributed by atoms with Gasteiger partial charge in [0.05, 0.1) is 18.3 Å². The summed E-state index contributed by atoms with van der Waals surface area (Å²) < 4.78 is 0. The van der Waals surface area contributed by atoms with E-state index in [1.165, 1.54) is 43.4 Å². The van der Waals surface area contributed by atoms with Crippen molar-refractivity contribution in [1.29, 1.82) is 0 Å². The van der Waals surface area contributed by atoms with Crippen LogP contribution in [0.15, 0.2) is 18.3 Å². The Bertz CT molecular complexity index is 677. The van der Waals surface area contributed by atoms with Crippen LogP contribution in [0, 0.1) is 0 Å². The van der Waals surface area contributed by atoms with Gasteiger partial charge in [-0.05, 0) is 25.0 Å². The van der Waals surface area contributed by atoms with E-state index in [1.807, 2.05) is 31.1 Å². The number of aromatic nitrogens is 3. The highest BCUT2D eigenvalue weighted by molar-refractivity contribution is 7.15. The van der Waals surface area contributed by atoms with E-state index in [0.29, 0.717) is 11.0 Å². The van der Waals surface area contributed by atoms with Gasteiger partial charge in [0.1, 0.15) is 5.01 Å². The first-order valence-electron chi connectivity index (χ1n) is 8.37. The molecule has 0 unspecified atom stereocenters. The predicted molar refractivity (Wildman–Crippen MR) is 96.6 cm³/mol. The minimum atomic E-state index is -0.105. The SMILES string of the molecule is CN(C)c1ccc(CC(=O)Nc2nnc(C3CCCCC3)s2)nc1. The predicted octanol–water partition coefficient (Wildman–Crippen LogP) is 3.23. The van der Waals surface area contributed by atoms with Crippen molar-refractivity contribution in [2.45, 2.75) is 44.4 Å². The zero-order valence-corrected chi connectivity index (χ0v) is 15.0. The summed E-state index contributed by atoms with van der Waals surface area (Å²) in [5.74, 6) is 0.411. The van der Waals surface area contributed by atoms with Crippen LogP contribution in [-0.2, 0) is 11.2 Å². The lowest BCUT2D eigenvalue weighted by atomic mass is 9.90. The minimum absolute atomic E-state index is 0.105. The van der Waals surface area contributed by atoms with Crippen molar-refractivity contribution in [3.05, 3.63) is 29.0 Å². The van der Waals surface area contributed by atoms with Crippen molar-refractivity contribution < 1.29 is 4.79 Å². The molecule has 0 atom stereocenters. The van der Waals surface area contributed by atoms with Gasteiger partial charge in [0, 0.05) is 25.7 Å². The molecule has 0 bridgehead atoms. The van der Waals surface area contributed by atoms with Gasteiger partial charge in [0.25, 0.3) is 0 Å². The Morgan fingerprint density at radius 1 is 1.25 bits per heavy atom. The summed E-state index contributed by atoms with van der Waals surface area (Å²) >= 11 is 1.50. The molecule has 0 aliphatic heterocycles. The van der Waals surface area contributed by atoms with Gasteiger partial charge >= 0.3 is 0 Å². The Kier molecular flexibility index (Phi) is 5.40. The van der Waals surface area contributed by atoms with Crippen LogP contribution in [0.4, 0.5) is 10.8 Å². The topological polar surface area (TPSA) is 71.0 Å². The zero-order valence-electron chi connectivity index (χ0n) is 14.2. The van der Waals surface area contributed by atoms with Crippen LogP contribution >= 0.6 is 11.3 Å². The lowest BCUT2D eigenvalue weighted by molar-refractivity contribution is -0.115. The zero-order chi connectivity index (χ0) is 16.9. The molecular weight excluding hydrogens is 322 g/mol. The summed E-state index contributed by atoms with van der Waals surface area (Å²) in [6, 6.07) is 3.84. The van der Waals surface area contributed by atoms with Crippen molar-refractivity contribution >= 4 is 28.1 Å². The van der Waals surface area contributed by atoms with Crippen LogP contribution in [0.5, 0.6) is 0 Å². The summed E-state index contributed by atoms with van der Waals surface area (Å²) in [6.45, 7) is 0. The number of nitrogens with one attached hydrogen (secondary N) is 1. The molecule has 1 aliphatic carbocycles. The molecule has 0 spiro atoms. The molecule has 7 heteroatoms. The summed E-state index contributed by atoms with van der Waals surface area (Å²) in [7, 11) is 3.92. The average molecular weight is 345 g/mol. The van der Waals surface area contributed by atoms with Crippen molar-refractivity contribution in [3.8, 4) is 0 Å². The summed E-state index contributed by atoms with van der Waals surface area (Å²) in [4.78, 5) is 18.5. The fourth-order valence-electron chi connectivity index (χ4n) is 2.91. The molecule has 2 heterocycles. The van der Waals surface area contributed by atoms with E-state index in [1.54, 1.807) is 6.20 Å². The van der Waals surface area contributed by atoms with Crippen LogP contribution in [0.25, 0.3) is 0 Å². The first-order chi connectivity index (χ1) is 11.6. The Morgan fingerprint density at radius 2 is 2.04 bits per heavy atom. The minimum Gasteiger partial charge on any atom is -0.376 e. The number of hydrogen-bond donors (Lipinski definition) is 1. The molecule has 2 aromatic rings. The van der Waals surface area contributed by atoms with Crippen molar-refractivity contribution in [1.82, 2.24) is 15.2 Å². The van der Waals surface area contributed by atoms with E-state index in [-0.39, 0.29) is 12.3 Å². The number of rotatable bonds is 5. The number of hydrogen-bond acceptors (Lipinski definition) is 6. The molecule has 1 saturated carbocycles. The van der Waals surface area contributed by atoms with Crippen molar-refractivity contribution in [2.75, 3.05) is 24.3 Å². The van der Waals surface area contributed by atoms with Gasteiger partial charge in [-0.2, -0.15) is 0 Å². The van der Waals surface area contributed by atoms with Gasteiger partial charge in [-0.1, -0.05) is 30.6 Å². The molecule has 3 rings (SSSR count). The Morgan fingerprint density at radius 3 is 2.71 bits per heavy atom. The maximum atomic E-state index is 12.2. The van der Waals surface area contributed by atoms with E-state index in [4.69, 9.17) is 0 Å². The summed E-state index contributed by atoms with van der Waals surface area (Å²) in [6.07, 6.45) is 8.23. The van der Waals surface area contributed by atoms with E-state index in [9.17, 15) is 4.79 Å². The van der Waals surface area contributed by atoms with Crippen LogP contribution < -0.4 is 10.2 Å². The quantitative estimate of drug-likeness (QED) is 0.901.